The fourth-order valence-electron chi connectivity index (χ4n) is 1.93. The van der Waals surface area contributed by atoms with Gasteiger partial charge in [0.05, 0.1) is 0 Å². The molecule has 4 atom stereocenters. The first-order valence-corrected chi connectivity index (χ1v) is 6.51. The van der Waals surface area contributed by atoms with Crippen molar-refractivity contribution >= 4 is 23.9 Å². The molecular weight excluding hydrogens is 300 g/mol. The summed E-state index contributed by atoms with van der Waals surface area (Å²) in [7, 11) is 0. The van der Waals surface area contributed by atoms with Gasteiger partial charge in [0.25, 0.3) is 0 Å². The highest BCUT2D eigenvalue weighted by molar-refractivity contribution is 5.68. The van der Waals surface area contributed by atoms with Crippen LogP contribution in [-0.4, -0.2) is 55.1 Å². The Morgan fingerprint density at radius 3 is 1.73 bits per heavy atom. The summed E-state index contributed by atoms with van der Waals surface area (Å²) in [6.45, 7) is 4.40. The van der Waals surface area contributed by atoms with E-state index in [0.29, 0.717) is 0 Å². The summed E-state index contributed by atoms with van der Waals surface area (Å²) in [4.78, 5) is 44.4. The SMILES string of the molecule is CC(=O)OC[C@H]1OC(OC(C)=O)C(OC(C)=O)C1OC(C)=O. The maximum absolute atomic E-state index is 11.2. The van der Waals surface area contributed by atoms with Crippen molar-refractivity contribution in [1.29, 1.82) is 0 Å². The van der Waals surface area contributed by atoms with Crippen LogP contribution in [0.3, 0.4) is 0 Å². The third-order valence-electron chi connectivity index (χ3n) is 2.60. The van der Waals surface area contributed by atoms with E-state index >= 15 is 0 Å². The van der Waals surface area contributed by atoms with Gasteiger partial charge >= 0.3 is 23.9 Å². The Hall–Kier alpha value is -2.16. The van der Waals surface area contributed by atoms with Crippen molar-refractivity contribution in [1.82, 2.24) is 0 Å². The molecule has 0 saturated carbocycles. The lowest BCUT2D eigenvalue weighted by Crippen LogP contribution is -2.42. The molecule has 0 amide bonds. The minimum atomic E-state index is -1.26. The number of carbonyl (C=O) groups is 4. The van der Waals surface area contributed by atoms with Crippen molar-refractivity contribution in [3.63, 3.8) is 0 Å². The summed E-state index contributed by atoms with van der Waals surface area (Å²) >= 11 is 0. The van der Waals surface area contributed by atoms with Crippen LogP contribution in [0.2, 0.25) is 0 Å². The monoisotopic (exact) mass is 318 g/mol. The topological polar surface area (TPSA) is 114 Å². The van der Waals surface area contributed by atoms with Crippen molar-refractivity contribution in [2.75, 3.05) is 6.61 Å². The summed E-state index contributed by atoms with van der Waals surface area (Å²) in [6.07, 6.45) is -4.40. The van der Waals surface area contributed by atoms with Crippen molar-refractivity contribution in [2.45, 2.75) is 52.3 Å². The zero-order valence-corrected chi connectivity index (χ0v) is 12.7. The number of esters is 4. The van der Waals surface area contributed by atoms with Crippen LogP contribution in [0, 0.1) is 0 Å². The van der Waals surface area contributed by atoms with Crippen molar-refractivity contribution < 1.29 is 42.9 Å². The summed E-state index contributed by atoms with van der Waals surface area (Å²) in [5.74, 6) is -2.56. The van der Waals surface area contributed by atoms with Crippen molar-refractivity contribution in [3.05, 3.63) is 0 Å². The first-order valence-electron chi connectivity index (χ1n) is 6.51. The fraction of sp³-hybridized carbons (Fsp3) is 0.692. The van der Waals surface area contributed by atoms with Crippen molar-refractivity contribution in [2.24, 2.45) is 0 Å². The standard InChI is InChI=1S/C13H18O9/c1-6(14)18-5-10-11(19-7(2)15)12(20-8(3)16)13(22-10)21-9(4)17/h10-13H,5H2,1-4H3/t10-,11?,12?,13?/m1/s1. The molecule has 9 nitrogen and oxygen atoms in total. The van der Waals surface area contributed by atoms with Gasteiger partial charge < -0.3 is 23.7 Å². The van der Waals surface area contributed by atoms with Gasteiger partial charge in [0.2, 0.25) is 12.4 Å². The van der Waals surface area contributed by atoms with E-state index in [2.05, 4.69) is 0 Å². The molecule has 1 rings (SSSR count). The van der Waals surface area contributed by atoms with Gasteiger partial charge in [-0.1, -0.05) is 0 Å². The predicted molar refractivity (Wildman–Crippen MR) is 68.2 cm³/mol. The van der Waals surface area contributed by atoms with Crippen molar-refractivity contribution in [3.8, 4) is 0 Å². The van der Waals surface area contributed by atoms with Crippen LogP contribution in [0.25, 0.3) is 0 Å². The van der Waals surface area contributed by atoms with Gasteiger partial charge in [0, 0.05) is 27.7 Å². The second-order valence-electron chi connectivity index (χ2n) is 4.60. The summed E-state index contributed by atoms with van der Waals surface area (Å²) in [6, 6.07) is 0. The lowest BCUT2D eigenvalue weighted by molar-refractivity contribution is -0.197. The third-order valence-corrected chi connectivity index (χ3v) is 2.60. The zero-order valence-electron chi connectivity index (χ0n) is 12.7. The molecule has 9 heteroatoms. The number of rotatable bonds is 5. The Kier molecular flexibility index (Phi) is 6.29. The first-order chi connectivity index (χ1) is 10.2. The van der Waals surface area contributed by atoms with E-state index in [1.54, 1.807) is 0 Å². The molecular formula is C13H18O9. The lowest BCUT2D eigenvalue weighted by atomic mass is 10.1. The van der Waals surface area contributed by atoms with Gasteiger partial charge in [-0.25, -0.2) is 0 Å². The van der Waals surface area contributed by atoms with Gasteiger partial charge in [0.15, 0.2) is 6.10 Å². The molecule has 1 saturated heterocycles. The van der Waals surface area contributed by atoms with Crippen LogP contribution in [0.4, 0.5) is 0 Å². The Morgan fingerprint density at radius 2 is 1.27 bits per heavy atom. The van der Waals surface area contributed by atoms with Gasteiger partial charge in [-0.2, -0.15) is 0 Å². The lowest BCUT2D eigenvalue weighted by Gasteiger charge is -2.22. The highest BCUT2D eigenvalue weighted by atomic mass is 16.8. The fourth-order valence-corrected chi connectivity index (χ4v) is 1.93. The molecule has 0 aromatic rings. The van der Waals surface area contributed by atoms with Crippen LogP contribution < -0.4 is 0 Å². The maximum Gasteiger partial charge on any atom is 0.305 e. The van der Waals surface area contributed by atoms with Gasteiger partial charge in [-0.05, 0) is 0 Å². The molecule has 22 heavy (non-hydrogen) atoms. The molecule has 1 fully saturated rings. The molecule has 0 bridgehead atoms. The highest BCUT2D eigenvalue weighted by Crippen LogP contribution is 2.28. The Morgan fingerprint density at radius 1 is 0.773 bits per heavy atom. The largest absolute Gasteiger partial charge is 0.463 e. The second kappa shape index (κ2) is 7.74. The van der Waals surface area contributed by atoms with Gasteiger partial charge in [-0.15, -0.1) is 0 Å². The minimum absolute atomic E-state index is 0.247. The van der Waals surface area contributed by atoms with Crippen LogP contribution in [0.5, 0.6) is 0 Å². The average molecular weight is 318 g/mol. The van der Waals surface area contributed by atoms with Crippen LogP contribution >= 0.6 is 0 Å². The number of carbonyl (C=O) groups excluding carboxylic acids is 4. The number of hydrogen-bond acceptors (Lipinski definition) is 9. The van der Waals surface area contributed by atoms with Gasteiger partial charge in [0.1, 0.15) is 12.7 Å². The Bertz CT molecular complexity index is 458. The van der Waals surface area contributed by atoms with E-state index in [9.17, 15) is 19.2 Å². The number of hydrogen-bond donors (Lipinski definition) is 0. The third kappa shape index (κ3) is 5.32. The maximum atomic E-state index is 11.2. The zero-order chi connectivity index (χ0) is 16.9. The summed E-state index contributed by atoms with van der Waals surface area (Å²) in [5, 5.41) is 0. The molecule has 1 heterocycles. The quantitative estimate of drug-likeness (QED) is 0.497. The molecule has 0 radical (unpaired) electrons. The van der Waals surface area contributed by atoms with E-state index in [4.69, 9.17) is 23.7 Å². The molecule has 3 unspecified atom stereocenters. The van der Waals surface area contributed by atoms with E-state index in [-0.39, 0.29) is 6.61 Å². The average Bonchev–Trinajstić information content (AvgIpc) is 2.63. The predicted octanol–water partition coefficient (Wildman–Crippen LogP) is -0.299. The Balaban J connectivity index is 2.94. The van der Waals surface area contributed by atoms with Crippen LogP contribution in [-0.2, 0) is 42.9 Å². The van der Waals surface area contributed by atoms with E-state index in [1.807, 2.05) is 0 Å². The molecule has 0 N–H and O–H groups in total. The highest BCUT2D eigenvalue weighted by Gasteiger charge is 2.51. The summed E-state index contributed by atoms with van der Waals surface area (Å²) < 4.78 is 25.2. The summed E-state index contributed by atoms with van der Waals surface area (Å²) in [5.41, 5.74) is 0. The molecule has 0 aromatic carbocycles. The molecule has 124 valence electrons. The first kappa shape index (κ1) is 17.9. The smallest absolute Gasteiger partial charge is 0.305 e. The van der Waals surface area contributed by atoms with Gasteiger partial charge in [-0.3, -0.25) is 19.2 Å². The number of ether oxygens (including phenoxy) is 5. The van der Waals surface area contributed by atoms with Crippen LogP contribution in [0.15, 0.2) is 0 Å². The second-order valence-corrected chi connectivity index (χ2v) is 4.60. The minimum Gasteiger partial charge on any atom is -0.463 e. The van der Waals surface area contributed by atoms with Crippen LogP contribution in [0.1, 0.15) is 27.7 Å². The van der Waals surface area contributed by atoms with E-state index in [1.165, 1.54) is 6.92 Å². The molecule has 0 aromatic heterocycles. The van der Waals surface area contributed by atoms with E-state index in [0.717, 1.165) is 20.8 Å². The van der Waals surface area contributed by atoms with E-state index < -0.39 is 48.5 Å². The normalized spacial score (nSPS) is 26.9. The molecule has 0 aliphatic carbocycles. The molecule has 0 spiro atoms. The Labute approximate surface area is 126 Å². The molecule has 1 aliphatic heterocycles. The molecule has 1 aliphatic rings.